The third-order valence-corrected chi connectivity index (χ3v) is 7.51. The number of nitrogens with one attached hydrogen (secondary N) is 1. The van der Waals surface area contributed by atoms with Gasteiger partial charge in [0.1, 0.15) is 5.82 Å². The number of carbonyl (C=O) groups is 1. The normalized spacial score (nSPS) is 10.9. The summed E-state index contributed by atoms with van der Waals surface area (Å²) in [5.41, 5.74) is 4.85. The molecule has 0 bridgehead atoms. The first kappa shape index (κ1) is 29.9. The molecule has 4 rings (SSSR count). The summed E-state index contributed by atoms with van der Waals surface area (Å²) in [5, 5.41) is 3.67. The summed E-state index contributed by atoms with van der Waals surface area (Å²) in [6.45, 7) is 5.59. The van der Waals surface area contributed by atoms with Crippen molar-refractivity contribution >= 4 is 23.5 Å². The summed E-state index contributed by atoms with van der Waals surface area (Å²) in [5.74, 6) is 3.37. The number of nitrogens with zero attached hydrogens (tertiary/aromatic N) is 3. The molecule has 0 aliphatic rings. The Kier molecular flexibility index (Phi) is 10.6. The lowest BCUT2D eigenvalue weighted by molar-refractivity contribution is 0.0949. The smallest absolute Gasteiger partial charge is 0.251 e. The summed E-state index contributed by atoms with van der Waals surface area (Å²) in [7, 11) is 5.34. The number of thioether (sulfide) groups is 1. The molecule has 0 spiro atoms. The molecule has 0 unspecified atom stereocenters. The number of ether oxygens (including phenoxy) is 2. The van der Waals surface area contributed by atoms with E-state index in [9.17, 15) is 4.79 Å². The summed E-state index contributed by atoms with van der Waals surface area (Å²) in [4.78, 5) is 24.3. The molecule has 3 aromatic carbocycles. The molecule has 0 radical (unpaired) electrons. The van der Waals surface area contributed by atoms with Crippen LogP contribution in [-0.4, -0.2) is 50.2 Å². The van der Waals surface area contributed by atoms with Crippen LogP contribution in [0.2, 0.25) is 0 Å². The molecule has 8 heteroatoms. The molecule has 0 aliphatic heterocycles. The molecule has 0 fully saturated rings. The molecule has 1 N–H and O–H groups in total. The standard InChI is InChI=1S/C33H38N4O3S/c1-23(2)21-34-32(38)27-14-11-25(12-15-27)22-41-33-35-28(26-9-7-6-8-10-26)20-31(36-33)37(3)18-17-24-13-16-29(39-4)30(19-24)40-5/h6-16,19-20,23H,17-18,21-22H2,1-5H3,(H,34,38). The molecule has 0 saturated heterocycles. The maximum atomic E-state index is 12.4. The van der Waals surface area contributed by atoms with Crippen molar-refractivity contribution in [3.8, 4) is 22.8 Å². The molecule has 1 heterocycles. The molecule has 0 aliphatic carbocycles. The quantitative estimate of drug-likeness (QED) is 0.145. The Balaban J connectivity index is 1.48. The van der Waals surface area contributed by atoms with Gasteiger partial charge in [0.25, 0.3) is 5.91 Å². The monoisotopic (exact) mass is 570 g/mol. The van der Waals surface area contributed by atoms with E-state index < -0.39 is 0 Å². The SMILES string of the molecule is COc1ccc(CCN(C)c2cc(-c3ccccc3)nc(SCc3ccc(C(=O)NCC(C)C)cc3)n2)cc1OC. The lowest BCUT2D eigenvalue weighted by Gasteiger charge is -2.20. The Morgan fingerprint density at radius 3 is 2.29 bits per heavy atom. The fourth-order valence-electron chi connectivity index (χ4n) is 4.18. The van der Waals surface area contributed by atoms with Crippen molar-refractivity contribution in [3.63, 3.8) is 0 Å². The number of aromatic nitrogens is 2. The van der Waals surface area contributed by atoms with Gasteiger partial charge in [0, 0.05) is 43.1 Å². The fraction of sp³-hybridized carbons (Fsp3) is 0.303. The van der Waals surface area contributed by atoms with Gasteiger partial charge in [-0.15, -0.1) is 0 Å². The zero-order valence-corrected chi connectivity index (χ0v) is 25.2. The molecule has 0 atom stereocenters. The van der Waals surface area contributed by atoms with Crippen molar-refractivity contribution in [3.05, 3.63) is 95.6 Å². The van der Waals surface area contributed by atoms with Gasteiger partial charge >= 0.3 is 0 Å². The molecular weight excluding hydrogens is 532 g/mol. The molecule has 41 heavy (non-hydrogen) atoms. The first-order valence-corrected chi connectivity index (χ1v) is 14.7. The Bertz CT molecular complexity index is 1430. The van der Waals surface area contributed by atoms with Crippen molar-refractivity contribution in [2.24, 2.45) is 5.92 Å². The van der Waals surface area contributed by atoms with E-state index in [1.807, 2.05) is 60.7 Å². The summed E-state index contributed by atoms with van der Waals surface area (Å²) >= 11 is 1.59. The Labute approximate surface area is 247 Å². The second kappa shape index (κ2) is 14.6. The lowest BCUT2D eigenvalue weighted by Crippen LogP contribution is -2.27. The Morgan fingerprint density at radius 1 is 0.902 bits per heavy atom. The van der Waals surface area contributed by atoms with Crippen molar-refractivity contribution < 1.29 is 14.3 Å². The predicted molar refractivity (Wildman–Crippen MR) is 167 cm³/mol. The minimum Gasteiger partial charge on any atom is -0.493 e. The second-order valence-electron chi connectivity index (χ2n) is 10.2. The van der Waals surface area contributed by atoms with Crippen molar-refractivity contribution in [2.75, 3.05) is 39.3 Å². The summed E-state index contributed by atoms with van der Waals surface area (Å²) in [6.07, 6.45) is 0.821. The number of hydrogen-bond acceptors (Lipinski definition) is 7. The maximum Gasteiger partial charge on any atom is 0.251 e. The van der Waals surface area contributed by atoms with Crippen LogP contribution < -0.4 is 19.7 Å². The minimum absolute atomic E-state index is 0.0439. The number of methoxy groups -OCH3 is 2. The largest absolute Gasteiger partial charge is 0.493 e. The first-order valence-electron chi connectivity index (χ1n) is 13.7. The van der Waals surface area contributed by atoms with E-state index in [-0.39, 0.29) is 5.91 Å². The number of hydrogen-bond donors (Lipinski definition) is 1. The highest BCUT2D eigenvalue weighted by Crippen LogP contribution is 2.29. The van der Waals surface area contributed by atoms with Crippen LogP contribution in [0, 0.1) is 5.92 Å². The number of likely N-dealkylation sites (N-methyl/N-ethyl adjacent to an activating group) is 1. The van der Waals surface area contributed by atoms with Crippen LogP contribution in [0.3, 0.4) is 0 Å². The number of rotatable bonds is 13. The van der Waals surface area contributed by atoms with Crippen LogP contribution in [-0.2, 0) is 12.2 Å². The number of benzene rings is 3. The van der Waals surface area contributed by atoms with Gasteiger partial charge in [-0.3, -0.25) is 4.79 Å². The molecule has 1 aromatic heterocycles. The second-order valence-corrected chi connectivity index (χ2v) is 11.2. The zero-order valence-electron chi connectivity index (χ0n) is 24.4. The molecular formula is C33H38N4O3S. The van der Waals surface area contributed by atoms with Gasteiger partial charge in [-0.2, -0.15) is 0 Å². The third-order valence-electron chi connectivity index (χ3n) is 6.59. The van der Waals surface area contributed by atoms with Gasteiger partial charge < -0.3 is 19.7 Å². The summed E-state index contributed by atoms with van der Waals surface area (Å²) in [6, 6.07) is 26.0. The van der Waals surface area contributed by atoms with Crippen molar-refractivity contribution in [1.29, 1.82) is 0 Å². The molecule has 0 saturated carbocycles. The average molecular weight is 571 g/mol. The third kappa shape index (κ3) is 8.47. The zero-order chi connectivity index (χ0) is 29.2. The van der Waals surface area contributed by atoms with Gasteiger partial charge in [0.15, 0.2) is 16.7 Å². The lowest BCUT2D eigenvalue weighted by atomic mass is 10.1. The van der Waals surface area contributed by atoms with Crippen LogP contribution in [0.25, 0.3) is 11.3 Å². The van der Waals surface area contributed by atoms with Gasteiger partial charge in [0.05, 0.1) is 19.9 Å². The van der Waals surface area contributed by atoms with Crippen LogP contribution in [0.15, 0.2) is 84.0 Å². The highest BCUT2D eigenvalue weighted by Gasteiger charge is 2.13. The van der Waals surface area contributed by atoms with E-state index in [0.29, 0.717) is 28.9 Å². The van der Waals surface area contributed by atoms with Gasteiger partial charge in [-0.25, -0.2) is 9.97 Å². The van der Waals surface area contributed by atoms with E-state index in [2.05, 4.69) is 49.3 Å². The van der Waals surface area contributed by atoms with E-state index >= 15 is 0 Å². The fourth-order valence-corrected chi connectivity index (χ4v) is 4.99. The summed E-state index contributed by atoms with van der Waals surface area (Å²) < 4.78 is 10.8. The predicted octanol–water partition coefficient (Wildman–Crippen LogP) is 6.52. The Morgan fingerprint density at radius 2 is 1.61 bits per heavy atom. The Hall–Kier alpha value is -4.04. The molecule has 4 aromatic rings. The van der Waals surface area contributed by atoms with E-state index in [1.54, 1.807) is 26.0 Å². The topological polar surface area (TPSA) is 76.6 Å². The van der Waals surface area contributed by atoms with Gasteiger partial charge in [-0.05, 0) is 47.7 Å². The van der Waals surface area contributed by atoms with E-state index in [1.165, 1.54) is 0 Å². The molecule has 1 amide bonds. The average Bonchev–Trinajstić information content (AvgIpc) is 3.01. The van der Waals surface area contributed by atoms with Gasteiger partial charge in [-0.1, -0.05) is 74.1 Å². The molecule has 7 nitrogen and oxygen atoms in total. The van der Waals surface area contributed by atoms with Crippen LogP contribution >= 0.6 is 11.8 Å². The highest BCUT2D eigenvalue weighted by atomic mass is 32.2. The number of carbonyl (C=O) groups excluding carboxylic acids is 1. The molecule has 214 valence electrons. The van der Waals surface area contributed by atoms with E-state index in [4.69, 9.17) is 19.4 Å². The minimum atomic E-state index is -0.0439. The van der Waals surface area contributed by atoms with Crippen molar-refractivity contribution in [2.45, 2.75) is 31.2 Å². The van der Waals surface area contributed by atoms with E-state index in [0.717, 1.165) is 52.7 Å². The van der Waals surface area contributed by atoms with Crippen molar-refractivity contribution in [1.82, 2.24) is 15.3 Å². The maximum absolute atomic E-state index is 12.4. The highest BCUT2D eigenvalue weighted by molar-refractivity contribution is 7.98. The van der Waals surface area contributed by atoms with Gasteiger partial charge in [0.2, 0.25) is 0 Å². The number of anilines is 1. The number of amides is 1. The van der Waals surface area contributed by atoms with Crippen LogP contribution in [0.5, 0.6) is 11.5 Å². The van der Waals surface area contributed by atoms with Crippen LogP contribution in [0.1, 0.15) is 35.3 Å². The first-order chi connectivity index (χ1) is 19.9. The van der Waals surface area contributed by atoms with Crippen LogP contribution in [0.4, 0.5) is 5.82 Å².